The van der Waals surface area contributed by atoms with Crippen molar-refractivity contribution in [3.05, 3.63) is 65.5 Å². The first-order valence-electron chi connectivity index (χ1n) is 9.42. The molecule has 3 N–H and O–H groups in total. The SMILES string of the molecule is CC(=O)Nc1cccc(Nc2ncnc(N3CCc4c(cccc4C(=O)O)C3)n2)c1. The molecule has 0 unspecified atom stereocenters. The van der Waals surface area contributed by atoms with E-state index >= 15 is 0 Å². The normalized spacial score (nSPS) is 12.8. The van der Waals surface area contributed by atoms with Crippen molar-refractivity contribution in [1.29, 1.82) is 0 Å². The van der Waals surface area contributed by atoms with E-state index in [0.717, 1.165) is 16.8 Å². The minimum Gasteiger partial charge on any atom is -0.478 e. The van der Waals surface area contributed by atoms with Gasteiger partial charge in [0.1, 0.15) is 6.33 Å². The Labute approximate surface area is 172 Å². The fourth-order valence-corrected chi connectivity index (χ4v) is 3.49. The lowest BCUT2D eigenvalue weighted by Gasteiger charge is -2.29. The molecule has 0 bridgehead atoms. The van der Waals surface area contributed by atoms with Gasteiger partial charge in [-0.2, -0.15) is 4.98 Å². The molecule has 1 aliphatic rings. The van der Waals surface area contributed by atoms with Gasteiger partial charge in [0.05, 0.1) is 5.56 Å². The van der Waals surface area contributed by atoms with Crippen LogP contribution in [0, 0.1) is 0 Å². The largest absolute Gasteiger partial charge is 0.478 e. The third kappa shape index (κ3) is 4.19. The predicted molar refractivity (Wildman–Crippen MR) is 112 cm³/mol. The van der Waals surface area contributed by atoms with Crippen LogP contribution < -0.4 is 15.5 Å². The number of benzene rings is 2. The van der Waals surface area contributed by atoms with E-state index in [1.807, 2.05) is 23.1 Å². The lowest BCUT2D eigenvalue weighted by atomic mass is 9.95. The molecule has 152 valence electrons. The number of carboxylic acids is 1. The number of hydrogen-bond acceptors (Lipinski definition) is 7. The summed E-state index contributed by atoms with van der Waals surface area (Å²) in [4.78, 5) is 37.6. The highest BCUT2D eigenvalue weighted by Crippen LogP contribution is 2.26. The molecule has 4 rings (SSSR count). The average molecular weight is 404 g/mol. The van der Waals surface area contributed by atoms with Crippen molar-refractivity contribution < 1.29 is 14.7 Å². The first kappa shape index (κ1) is 19.3. The number of aromatic carboxylic acids is 1. The van der Waals surface area contributed by atoms with E-state index in [2.05, 4.69) is 25.6 Å². The summed E-state index contributed by atoms with van der Waals surface area (Å²) in [5.41, 5.74) is 3.57. The number of nitrogens with zero attached hydrogens (tertiary/aromatic N) is 4. The highest BCUT2D eigenvalue weighted by Gasteiger charge is 2.23. The molecule has 30 heavy (non-hydrogen) atoms. The fourth-order valence-electron chi connectivity index (χ4n) is 3.49. The summed E-state index contributed by atoms with van der Waals surface area (Å²) in [5, 5.41) is 15.2. The zero-order chi connectivity index (χ0) is 21.1. The van der Waals surface area contributed by atoms with Gasteiger partial charge >= 0.3 is 5.97 Å². The van der Waals surface area contributed by atoms with Gasteiger partial charge in [-0.15, -0.1) is 0 Å². The van der Waals surface area contributed by atoms with Crippen molar-refractivity contribution in [3.8, 4) is 0 Å². The molecule has 1 amide bonds. The number of fused-ring (bicyclic) bond motifs is 1. The van der Waals surface area contributed by atoms with Crippen molar-refractivity contribution in [2.24, 2.45) is 0 Å². The molecule has 0 atom stereocenters. The average Bonchev–Trinajstić information content (AvgIpc) is 2.73. The molecule has 0 aliphatic carbocycles. The Bertz CT molecular complexity index is 1120. The molecule has 0 saturated carbocycles. The molecular formula is C21H20N6O3. The Morgan fingerprint density at radius 3 is 2.70 bits per heavy atom. The van der Waals surface area contributed by atoms with E-state index < -0.39 is 5.97 Å². The summed E-state index contributed by atoms with van der Waals surface area (Å²) in [6.07, 6.45) is 2.04. The number of aromatic nitrogens is 3. The van der Waals surface area contributed by atoms with Crippen LogP contribution in [0.4, 0.5) is 23.3 Å². The summed E-state index contributed by atoms with van der Waals surface area (Å²) in [5.74, 6) is -0.165. The molecular weight excluding hydrogens is 384 g/mol. The number of hydrogen-bond donors (Lipinski definition) is 3. The molecule has 1 aliphatic heterocycles. The van der Waals surface area contributed by atoms with Gasteiger partial charge in [0.2, 0.25) is 17.8 Å². The van der Waals surface area contributed by atoms with Crippen LogP contribution in [-0.4, -0.2) is 38.5 Å². The number of carboxylic acid groups (broad SMARTS) is 1. The van der Waals surface area contributed by atoms with Gasteiger partial charge in [-0.1, -0.05) is 18.2 Å². The number of rotatable bonds is 5. The van der Waals surface area contributed by atoms with E-state index in [9.17, 15) is 14.7 Å². The van der Waals surface area contributed by atoms with Crippen LogP contribution in [0.25, 0.3) is 0 Å². The zero-order valence-electron chi connectivity index (χ0n) is 16.3. The number of nitrogens with one attached hydrogen (secondary N) is 2. The Kier molecular flexibility index (Phi) is 5.25. The maximum absolute atomic E-state index is 11.4. The van der Waals surface area contributed by atoms with Crippen molar-refractivity contribution >= 4 is 35.1 Å². The molecule has 0 fully saturated rings. The van der Waals surface area contributed by atoms with Crippen LogP contribution in [0.15, 0.2) is 48.8 Å². The maximum Gasteiger partial charge on any atom is 0.335 e. The first-order valence-corrected chi connectivity index (χ1v) is 9.42. The summed E-state index contributed by atoms with van der Waals surface area (Å²) in [6.45, 7) is 2.59. The minimum absolute atomic E-state index is 0.147. The van der Waals surface area contributed by atoms with E-state index in [4.69, 9.17) is 0 Å². The molecule has 1 aromatic heterocycles. The monoisotopic (exact) mass is 404 g/mol. The summed E-state index contributed by atoms with van der Waals surface area (Å²) < 4.78 is 0. The Morgan fingerprint density at radius 1 is 1.10 bits per heavy atom. The third-order valence-corrected chi connectivity index (χ3v) is 4.78. The summed E-state index contributed by atoms with van der Waals surface area (Å²) in [7, 11) is 0. The second-order valence-electron chi connectivity index (χ2n) is 6.92. The van der Waals surface area contributed by atoms with E-state index in [0.29, 0.717) is 42.7 Å². The summed E-state index contributed by atoms with van der Waals surface area (Å²) >= 11 is 0. The summed E-state index contributed by atoms with van der Waals surface area (Å²) in [6, 6.07) is 12.6. The van der Waals surface area contributed by atoms with Gasteiger partial charge < -0.3 is 20.6 Å². The lowest BCUT2D eigenvalue weighted by molar-refractivity contribution is -0.114. The van der Waals surface area contributed by atoms with Gasteiger partial charge in [0, 0.05) is 31.4 Å². The molecule has 2 aromatic carbocycles. The molecule has 0 radical (unpaired) electrons. The van der Waals surface area contributed by atoms with Crippen molar-refractivity contribution in [1.82, 2.24) is 15.0 Å². The van der Waals surface area contributed by atoms with Crippen LogP contribution in [0.5, 0.6) is 0 Å². The topological polar surface area (TPSA) is 120 Å². The number of carbonyl (C=O) groups excluding carboxylic acids is 1. The smallest absolute Gasteiger partial charge is 0.335 e. The highest BCUT2D eigenvalue weighted by molar-refractivity contribution is 5.90. The predicted octanol–water partition coefficient (Wildman–Crippen LogP) is 2.83. The number of anilines is 4. The van der Waals surface area contributed by atoms with Crippen LogP contribution in [0.2, 0.25) is 0 Å². The highest BCUT2D eigenvalue weighted by atomic mass is 16.4. The molecule has 3 aromatic rings. The van der Waals surface area contributed by atoms with Crippen molar-refractivity contribution in [2.45, 2.75) is 19.9 Å². The quantitative estimate of drug-likeness (QED) is 0.594. The van der Waals surface area contributed by atoms with E-state index in [1.165, 1.54) is 13.3 Å². The second-order valence-corrected chi connectivity index (χ2v) is 6.92. The van der Waals surface area contributed by atoms with Gasteiger partial charge in [0.25, 0.3) is 0 Å². The van der Waals surface area contributed by atoms with Gasteiger partial charge in [-0.25, -0.2) is 14.8 Å². The zero-order valence-corrected chi connectivity index (χ0v) is 16.3. The third-order valence-electron chi connectivity index (χ3n) is 4.78. The Morgan fingerprint density at radius 2 is 1.90 bits per heavy atom. The van der Waals surface area contributed by atoms with Crippen LogP contribution in [0.1, 0.15) is 28.4 Å². The molecule has 9 heteroatoms. The van der Waals surface area contributed by atoms with E-state index in [1.54, 1.807) is 24.3 Å². The Hall–Kier alpha value is -4.01. The van der Waals surface area contributed by atoms with Crippen LogP contribution in [0.3, 0.4) is 0 Å². The van der Waals surface area contributed by atoms with Crippen molar-refractivity contribution in [3.63, 3.8) is 0 Å². The minimum atomic E-state index is -0.909. The van der Waals surface area contributed by atoms with Gasteiger partial charge in [-0.05, 0) is 41.8 Å². The standard InChI is InChI=1S/C21H20N6O3/c1-13(28)24-15-5-3-6-16(10-15)25-20-22-12-23-21(26-20)27-9-8-17-14(11-27)4-2-7-18(17)19(29)30/h2-7,10,12H,8-9,11H2,1H3,(H,24,28)(H,29,30)(H,22,23,25,26). The van der Waals surface area contributed by atoms with Gasteiger partial charge in [0.15, 0.2) is 0 Å². The number of amides is 1. The molecule has 0 spiro atoms. The number of carbonyl (C=O) groups is 2. The van der Waals surface area contributed by atoms with Crippen molar-refractivity contribution in [2.75, 3.05) is 22.1 Å². The maximum atomic E-state index is 11.4. The van der Waals surface area contributed by atoms with Gasteiger partial charge in [-0.3, -0.25) is 4.79 Å². The first-order chi connectivity index (χ1) is 14.5. The Balaban J connectivity index is 1.53. The van der Waals surface area contributed by atoms with E-state index in [-0.39, 0.29) is 5.91 Å². The fraction of sp³-hybridized carbons (Fsp3) is 0.190. The molecule has 2 heterocycles. The second kappa shape index (κ2) is 8.16. The van der Waals surface area contributed by atoms with Crippen LogP contribution >= 0.6 is 0 Å². The van der Waals surface area contributed by atoms with Crippen LogP contribution in [-0.2, 0) is 17.8 Å². The lowest BCUT2D eigenvalue weighted by Crippen LogP contribution is -2.33. The molecule has 9 nitrogen and oxygen atoms in total. The molecule has 0 saturated heterocycles.